The van der Waals surface area contributed by atoms with Gasteiger partial charge in [0.15, 0.2) is 0 Å². The number of aromatic nitrogens is 2. The van der Waals surface area contributed by atoms with Gasteiger partial charge in [-0.3, -0.25) is 4.79 Å². The number of halogens is 1. The minimum absolute atomic E-state index is 0.226. The van der Waals surface area contributed by atoms with Crippen molar-refractivity contribution in [2.24, 2.45) is 11.7 Å². The zero-order chi connectivity index (χ0) is 13.8. The van der Waals surface area contributed by atoms with Crippen LogP contribution in [0.5, 0.6) is 0 Å². The number of anilines is 1. The molecule has 2 rings (SSSR count). The first kappa shape index (κ1) is 14.3. The number of ether oxygens (including phenoxy) is 1. The maximum Gasteiger partial charge on any atom is 0.287 e. The van der Waals surface area contributed by atoms with E-state index in [9.17, 15) is 4.79 Å². The van der Waals surface area contributed by atoms with E-state index >= 15 is 0 Å². The fourth-order valence-electron chi connectivity index (χ4n) is 2.26. The van der Waals surface area contributed by atoms with E-state index in [4.69, 9.17) is 22.1 Å². The first-order chi connectivity index (χ1) is 9.17. The molecular formula is C12H19ClN4O2. The summed E-state index contributed by atoms with van der Waals surface area (Å²) in [5.74, 6) is 0.465. The molecule has 1 aliphatic rings. The second-order valence-corrected chi connectivity index (χ2v) is 5.08. The maximum absolute atomic E-state index is 12.1. The van der Waals surface area contributed by atoms with E-state index in [1.807, 2.05) is 0 Å². The van der Waals surface area contributed by atoms with Crippen molar-refractivity contribution in [3.05, 3.63) is 21.6 Å². The van der Waals surface area contributed by atoms with Crippen molar-refractivity contribution in [2.75, 3.05) is 38.3 Å². The Bertz CT molecular complexity index is 491. The molecule has 2 N–H and O–H groups in total. The predicted molar refractivity (Wildman–Crippen MR) is 74.8 cm³/mol. The first-order valence-electron chi connectivity index (χ1n) is 6.37. The van der Waals surface area contributed by atoms with Gasteiger partial charge in [-0.25, -0.2) is 4.68 Å². The van der Waals surface area contributed by atoms with Gasteiger partial charge in [0.2, 0.25) is 0 Å². The fourth-order valence-corrected chi connectivity index (χ4v) is 2.52. The molecule has 0 amide bonds. The summed E-state index contributed by atoms with van der Waals surface area (Å²) in [6, 6.07) is 0. The zero-order valence-corrected chi connectivity index (χ0v) is 11.8. The highest BCUT2D eigenvalue weighted by atomic mass is 35.5. The molecule has 1 fully saturated rings. The van der Waals surface area contributed by atoms with Gasteiger partial charge in [-0.1, -0.05) is 11.6 Å². The van der Waals surface area contributed by atoms with Crippen LogP contribution >= 0.6 is 11.6 Å². The molecule has 7 heteroatoms. The Hall–Kier alpha value is -1.11. The average molecular weight is 287 g/mol. The van der Waals surface area contributed by atoms with Crippen LogP contribution in [-0.4, -0.2) is 43.1 Å². The summed E-state index contributed by atoms with van der Waals surface area (Å²) in [6.45, 7) is 3.19. The summed E-state index contributed by atoms with van der Waals surface area (Å²) in [4.78, 5) is 14.1. The van der Waals surface area contributed by atoms with Gasteiger partial charge >= 0.3 is 0 Å². The molecule has 0 spiro atoms. The lowest BCUT2D eigenvalue weighted by Gasteiger charge is -2.19. The summed E-state index contributed by atoms with van der Waals surface area (Å²) >= 11 is 6.16. The summed E-state index contributed by atoms with van der Waals surface area (Å²) in [6.07, 6.45) is 2.68. The van der Waals surface area contributed by atoms with Gasteiger partial charge in [-0.2, -0.15) is 5.10 Å². The fraction of sp³-hybridized carbons (Fsp3) is 0.667. The van der Waals surface area contributed by atoms with E-state index < -0.39 is 0 Å². The lowest BCUT2D eigenvalue weighted by Crippen LogP contribution is -2.29. The molecule has 1 atom stereocenters. The van der Waals surface area contributed by atoms with Crippen LogP contribution in [0.3, 0.4) is 0 Å². The quantitative estimate of drug-likeness (QED) is 0.844. The van der Waals surface area contributed by atoms with E-state index in [-0.39, 0.29) is 10.6 Å². The molecule has 0 aromatic carbocycles. The smallest absolute Gasteiger partial charge is 0.287 e. The van der Waals surface area contributed by atoms with Crippen molar-refractivity contribution in [3.63, 3.8) is 0 Å². The standard InChI is InChI=1S/C12H19ClN4O2/c1-19-5-4-17-12(18)11(13)10(7-15-17)16-3-2-9(6-14)8-16/h7,9H,2-6,8,14H2,1H3. The highest BCUT2D eigenvalue weighted by molar-refractivity contribution is 6.33. The third kappa shape index (κ3) is 3.08. The number of nitrogens with two attached hydrogens (primary N) is 1. The topological polar surface area (TPSA) is 73.4 Å². The van der Waals surface area contributed by atoms with Gasteiger partial charge in [0.25, 0.3) is 5.56 Å². The number of hydrogen-bond donors (Lipinski definition) is 1. The molecule has 0 aliphatic carbocycles. The Labute approximate surface area is 117 Å². The van der Waals surface area contributed by atoms with Crippen molar-refractivity contribution in [1.82, 2.24) is 9.78 Å². The summed E-state index contributed by atoms with van der Waals surface area (Å²) in [5, 5.41) is 4.36. The second-order valence-electron chi connectivity index (χ2n) is 4.70. The highest BCUT2D eigenvalue weighted by Gasteiger charge is 2.24. The lowest BCUT2D eigenvalue weighted by atomic mass is 10.1. The summed E-state index contributed by atoms with van der Waals surface area (Å²) in [5.41, 5.74) is 6.10. The highest BCUT2D eigenvalue weighted by Crippen LogP contribution is 2.26. The van der Waals surface area contributed by atoms with E-state index in [1.165, 1.54) is 4.68 Å². The molecule has 1 aromatic rings. The van der Waals surface area contributed by atoms with Gasteiger partial charge in [0.1, 0.15) is 5.02 Å². The van der Waals surface area contributed by atoms with Crippen LogP contribution in [-0.2, 0) is 11.3 Å². The van der Waals surface area contributed by atoms with Crippen molar-refractivity contribution in [3.8, 4) is 0 Å². The summed E-state index contributed by atoms with van der Waals surface area (Å²) < 4.78 is 6.26. The van der Waals surface area contributed by atoms with Crippen molar-refractivity contribution >= 4 is 17.3 Å². The number of rotatable bonds is 5. The van der Waals surface area contributed by atoms with E-state index in [1.54, 1.807) is 13.3 Å². The Morgan fingerprint density at radius 2 is 2.42 bits per heavy atom. The minimum Gasteiger partial charge on any atom is -0.383 e. The zero-order valence-electron chi connectivity index (χ0n) is 11.0. The molecule has 106 valence electrons. The molecule has 0 saturated carbocycles. The van der Waals surface area contributed by atoms with Crippen LogP contribution in [0, 0.1) is 5.92 Å². The van der Waals surface area contributed by atoms with E-state index in [2.05, 4.69) is 10.00 Å². The lowest BCUT2D eigenvalue weighted by molar-refractivity contribution is 0.182. The monoisotopic (exact) mass is 286 g/mol. The van der Waals surface area contributed by atoms with Gasteiger partial charge in [0.05, 0.1) is 25.0 Å². The first-order valence-corrected chi connectivity index (χ1v) is 6.74. The molecule has 0 bridgehead atoms. The second kappa shape index (κ2) is 6.36. The number of hydrogen-bond acceptors (Lipinski definition) is 5. The number of methoxy groups -OCH3 is 1. The Morgan fingerprint density at radius 1 is 1.63 bits per heavy atom. The molecular weight excluding hydrogens is 268 g/mol. The molecule has 6 nitrogen and oxygen atoms in total. The number of nitrogens with zero attached hydrogens (tertiary/aromatic N) is 3. The molecule has 2 heterocycles. The van der Waals surface area contributed by atoms with Gasteiger partial charge in [-0.05, 0) is 18.9 Å². The molecule has 0 radical (unpaired) electrons. The van der Waals surface area contributed by atoms with Crippen LogP contribution in [0.4, 0.5) is 5.69 Å². The average Bonchev–Trinajstić information content (AvgIpc) is 2.89. The Balaban J connectivity index is 2.19. The Morgan fingerprint density at radius 3 is 3.05 bits per heavy atom. The molecule has 1 saturated heterocycles. The van der Waals surface area contributed by atoms with Crippen molar-refractivity contribution < 1.29 is 4.74 Å². The largest absolute Gasteiger partial charge is 0.383 e. The molecule has 19 heavy (non-hydrogen) atoms. The summed E-state index contributed by atoms with van der Waals surface area (Å²) in [7, 11) is 1.58. The predicted octanol–water partition coefficient (Wildman–Crippen LogP) is 0.328. The van der Waals surface area contributed by atoms with E-state index in [0.29, 0.717) is 31.3 Å². The van der Waals surface area contributed by atoms with E-state index in [0.717, 1.165) is 19.5 Å². The van der Waals surface area contributed by atoms with Crippen LogP contribution < -0.4 is 16.2 Å². The van der Waals surface area contributed by atoms with Crippen LogP contribution in [0.15, 0.2) is 11.0 Å². The third-order valence-corrected chi connectivity index (χ3v) is 3.79. The van der Waals surface area contributed by atoms with Gasteiger partial charge in [0, 0.05) is 20.2 Å². The van der Waals surface area contributed by atoms with Crippen LogP contribution in [0.2, 0.25) is 5.02 Å². The van der Waals surface area contributed by atoms with Gasteiger partial charge in [-0.15, -0.1) is 0 Å². The van der Waals surface area contributed by atoms with Gasteiger partial charge < -0.3 is 15.4 Å². The minimum atomic E-state index is -0.271. The normalized spacial score (nSPS) is 19.1. The third-order valence-electron chi connectivity index (χ3n) is 3.43. The molecule has 1 aliphatic heterocycles. The molecule has 1 aromatic heterocycles. The van der Waals surface area contributed by atoms with Crippen molar-refractivity contribution in [2.45, 2.75) is 13.0 Å². The SMILES string of the molecule is COCCn1ncc(N2CCC(CN)C2)c(Cl)c1=O. The maximum atomic E-state index is 12.1. The Kier molecular flexibility index (Phi) is 4.79. The van der Waals surface area contributed by atoms with Crippen LogP contribution in [0.1, 0.15) is 6.42 Å². The van der Waals surface area contributed by atoms with Crippen LogP contribution in [0.25, 0.3) is 0 Å². The van der Waals surface area contributed by atoms with Crippen molar-refractivity contribution in [1.29, 1.82) is 0 Å². The molecule has 1 unspecified atom stereocenters.